The van der Waals surface area contributed by atoms with Crippen LogP contribution in [0.3, 0.4) is 0 Å². The van der Waals surface area contributed by atoms with Gasteiger partial charge >= 0.3 is 0 Å². The molecule has 24 heavy (non-hydrogen) atoms. The van der Waals surface area contributed by atoms with Crippen molar-refractivity contribution in [1.29, 1.82) is 0 Å². The van der Waals surface area contributed by atoms with Gasteiger partial charge in [-0.2, -0.15) is 0 Å². The molecule has 4 nitrogen and oxygen atoms in total. The summed E-state index contributed by atoms with van der Waals surface area (Å²) in [5, 5.41) is 3.58. The molecule has 0 radical (unpaired) electrons. The van der Waals surface area contributed by atoms with Crippen LogP contribution in [0.25, 0.3) is 0 Å². The number of carbonyl (C=O) groups excluding carboxylic acids is 2. The summed E-state index contributed by atoms with van der Waals surface area (Å²) in [6, 6.07) is 12.4. The van der Waals surface area contributed by atoms with Gasteiger partial charge in [0.05, 0.1) is 15.7 Å². The second-order valence-corrected chi connectivity index (χ2v) is 6.18. The molecule has 1 N–H and O–H groups in total. The standard InChI is InChI=1S/C18H18Cl2N2O2/c1-12-5-3-6-14(11-12)18(24)21-9-10-22(13(2)23)17-15(19)7-4-8-16(17)20/h3-8,11H,9-10H2,1-2H3,(H,21,24). The molecule has 126 valence electrons. The SMILES string of the molecule is CC(=O)N(CCNC(=O)c1cccc(C)c1)c1c(Cl)cccc1Cl. The topological polar surface area (TPSA) is 49.4 Å². The van der Waals surface area contributed by atoms with Crippen LogP contribution in [0.5, 0.6) is 0 Å². The van der Waals surface area contributed by atoms with Crippen LogP contribution < -0.4 is 10.2 Å². The number of hydrogen-bond donors (Lipinski definition) is 1. The Morgan fingerprint density at radius 1 is 1.08 bits per heavy atom. The monoisotopic (exact) mass is 364 g/mol. The van der Waals surface area contributed by atoms with Crippen LogP contribution in [0.15, 0.2) is 42.5 Å². The number of aryl methyl sites for hydroxylation is 1. The number of benzene rings is 2. The Hall–Kier alpha value is -2.04. The van der Waals surface area contributed by atoms with Crippen molar-refractivity contribution in [1.82, 2.24) is 5.32 Å². The summed E-state index contributed by atoms with van der Waals surface area (Å²) < 4.78 is 0. The summed E-state index contributed by atoms with van der Waals surface area (Å²) in [6.07, 6.45) is 0. The van der Waals surface area contributed by atoms with E-state index in [9.17, 15) is 9.59 Å². The van der Waals surface area contributed by atoms with Gasteiger partial charge in [0.1, 0.15) is 0 Å². The van der Waals surface area contributed by atoms with Crippen molar-refractivity contribution in [2.45, 2.75) is 13.8 Å². The quantitative estimate of drug-likeness (QED) is 0.868. The lowest BCUT2D eigenvalue weighted by molar-refractivity contribution is -0.116. The number of amides is 2. The van der Waals surface area contributed by atoms with Crippen LogP contribution in [0.4, 0.5) is 5.69 Å². The summed E-state index contributed by atoms with van der Waals surface area (Å²) in [7, 11) is 0. The van der Waals surface area contributed by atoms with Gasteiger partial charge < -0.3 is 10.2 Å². The molecule has 0 heterocycles. The molecule has 2 amide bonds. The molecule has 0 atom stereocenters. The van der Waals surface area contributed by atoms with Crippen molar-refractivity contribution in [3.05, 3.63) is 63.6 Å². The van der Waals surface area contributed by atoms with Crippen molar-refractivity contribution in [3.63, 3.8) is 0 Å². The van der Waals surface area contributed by atoms with E-state index in [4.69, 9.17) is 23.2 Å². The first kappa shape index (κ1) is 18.3. The summed E-state index contributed by atoms with van der Waals surface area (Å²) >= 11 is 12.3. The molecule has 0 fully saturated rings. The van der Waals surface area contributed by atoms with Crippen molar-refractivity contribution in [2.24, 2.45) is 0 Å². The lowest BCUT2D eigenvalue weighted by Crippen LogP contribution is -2.37. The van der Waals surface area contributed by atoms with Gasteiger partial charge in [-0.15, -0.1) is 0 Å². The second kappa shape index (κ2) is 8.18. The summed E-state index contributed by atoms with van der Waals surface area (Å²) in [4.78, 5) is 25.5. The highest BCUT2D eigenvalue weighted by atomic mass is 35.5. The number of hydrogen-bond acceptors (Lipinski definition) is 2. The number of rotatable bonds is 5. The van der Waals surface area contributed by atoms with E-state index in [0.717, 1.165) is 5.56 Å². The van der Waals surface area contributed by atoms with E-state index in [1.807, 2.05) is 25.1 Å². The van der Waals surface area contributed by atoms with E-state index in [2.05, 4.69) is 5.32 Å². The fourth-order valence-corrected chi connectivity index (χ4v) is 2.94. The van der Waals surface area contributed by atoms with Crippen molar-refractivity contribution in [2.75, 3.05) is 18.0 Å². The molecular weight excluding hydrogens is 347 g/mol. The van der Waals surface area contributed by atoms with Crippen molar-refractivity contribution < 1.29 is 9.59 Å². The minimum Gasteiger partial charge on any atom is -0.350 e. The van der Waals surface area contributed by atoms with Gasteiger partial charge in [0.15, 0.2) is 0 Å². The number of para-hydroxylation sites is 1. The number of nitrogens with zero attached hydrogens (tertiary/aromatic N) is 1. The largest absolute Gasteiger partial charge is 0.350 e. The maximum absolute atomic E-state index is 12.2. The molecule has 2 aromatic rings. The van der Waals surface area contributed by atoms with Crippen LogP contribution >= 0.6 is 23.2 Å². The van der Waals surface area contributed by atoms with E-state index < -0.39 is 0 Å². The van der Waals surface area contributed by atoms with E-state index in [0.29, 0.717) is 21.3 Å². The maximum atomic E-state index is 12.2. The Morgan fingerprint density at radius 2 is 1.71 bits per heavy atom. The highest BCUT2D eigenvalue weighted by Gasteiger charge is 2.18. The van der Waals surface area contributed by atoms with Crippen LogP contribution in [-0.4, -0.2) is 24.9 Å². The molecular formula is C18H18Cl2N2O2. The highest BCUT2D eigenvalue weighted by molar-refractivity contribution is 6.39. The smallest absolute Gasteiger partial charge is 0.251 e. The third kappa shape index (κ3) is 4.49. The Morgan fingerprint density at radius 3 is 2.29 bits per heavy atom. The second-order valence-electron chi connectivity index (χ2n) is 5.37. The summed E-state index contributed by atoms with van der Waals surface area (Å²) in [5.74, 6) is -0.387. The zero-order valence-corrected chi connectivity index (χ0v) is 15.0. The van der Waals surface area contributed by atoms with Crippen molar-refractivity contribution >= 4 is 40.7 Å². The minimum absolute atomic E-state index is 0.188. The van der Waals surface area contributed by atoms with Crippen LogP contribution in [0.2, 0.25) is 10.0 Å². The van der Waals surface area contributed by atoms with Crippen molar-refractivity contribution in [3.8, 4) is 0 Å². The van der Waals surface area contributed by atoms with Gasteiger partial charge in [0.2, 0.25) is 5.91 Å². The summed E-state index contributed by atoms with van der Waals surface area (Å²) in [6.45, 7) is 3.92. The van der Waals surface area contributed by atoms with Gasteiger partial charge in [-0.3, -0.25) is 9.59 Å². The molecule has 6 heteroatoms. The maximum Gasteiger partial charge on any atom is 0.251 e. The lowest BCUT2D eigenvalue weighted by atomic mass is 10.1. The molecule has 0 saturated carbocycles. The van der Waals surface area contributed by atoms with Crippen LogP contribution in [0, 0.1) is 6.92 Å². The Labute approximate surface area is 151 Å². The van der Waals surface area contributed by atoms with E-state index in [1.54, 1.807) is 24.3 Å². The van der Waals surface area contributed by atoms with Crippen LogP contribution in [0.1, 0.15) is 22.8 Å². The summed E-state index contributed by atoms with van der Waals surface area (Å²) in [5.41, 5.74) is 2.05. The lowest BCUT2D eigenvalue weighted by Gasteiger charge is -2.23. The molecule has 0 aliphatic heterocycles. The average Bonchev–Trinajstić information content (AvgIpc) is 2.52. The number of carbonyl (C=O) groups is 2. The van der Waals surface area contributed by atoms with E-state index in [1.165, 1.54) is 11.8 Å². The highest BCUT2D eigenvalue weighted by Crippen LogP contribution is 2.33. The number of halogens is 2. The molecule has 0 spiro atoms. The molecule has 2 rings (SSSR count). The molecule has 2 aromatic carbocycles. The third-order valence-electron chi connectivity index (χ3n) is 3.49. The van der Waals surface area contributed by atoms with Gasteiger partial charge in [-0.25, -0.2) is 0 Å². The van der Waals surface area contributed by atoms with E-state index >= 15 is 0 Å². The predicted molar refractivity (Wildman–Crippen MR) is 98.0 cm³/mol. The molecule has 0 unspecified atom stereocenters. The molecule has 0 saturated heterocycles. The molecule has 0 aromatic heterocycles. The first-order valence-corrected chi connectivity index (χ1v) is 8.22. The Kier molecular flexibility index (Phi) is 6.23. The van der Waals surface area contributed by atoms with Gasteiger partial charge in [0.25, 0.3) is 5.91 Å². The molecule has 0 aliphatic rings. The fourth-order valence-electron chi connectivity index (χ4n) is 2.34. The Balaban J connectivity index is 2.05. The normalized spacial score (nSPS) is 10.3. The predicted octanol–water partition coefficient (Wildman–Crippen LogP) is 4.08. The zero-order valence-electron chi connectivity index (χ0n) is 13.5. The number of nitrogens with one attached hydrogen (secondary N) is 1. The van der Waals surface area contributed by atoms with Gasteiger partial charge in [-0.1, -0.05) is 47.0 Å². The zero-order chi connectivity index (χ0) is 17.7. The van der Waals surface area contributed by atoms with Gasteiger partial charge in [0, 0.05) is 25.6 Å². The van der Waals surface area contributed by atoms with Crippen LogP contribution in [-0.2, 0) is 4.79 Å². The van der Waals surface area contributed by atoms with Gasteiger partial charge in [-0.05, 0) is 31.2 Å². The first-order valence-electron chi connectivity index (χ1n) is 7.47. The minimum atomic E-state index is -0.199. The number of anilines is 1. The Bertz CT molecular complexity index is 742. The third-order valence-corrected chi connectivity index (χ3v) is 4.10. The first-order chi connectivity index (χ1) is 11.4. The average molecular weight is 365 g/mol. The van der Waals surface area contributed by atoms with E-state index in [-0.39, 0.29) is 24.9 Å². The fraction of sp³-hybridized carbons (Fsp3) is 0.222. The molecule has 0 bridgehead atoms. The molecule has 0 aliphatic carbocycles.